The maximum Gasteiger partial charge on any atom is 0.226 e. The highest BCUT2D eigenvalue weighted by Crippen LogP contribution is 2.27. The molecule has 3 rings (SSSR count). The fourth-order valence-electron chi connectivity index (χ4n) is 3.85. The van der Waals surface area contributed by atoms with Crippen LogP contribution in [0, 0.1) is 12.8 Å². The SMILES string of the molecule is C=C(C)[C@H]1OCC[C@H]1C(=O)N[C@@H]1CCCN(c2cc(C)nn2C)C1. The lowest BCUT2D eigenvalue weighted by Gasteiger charge is -2.35. The van der Waals surface area contributed by atoms with E-state index < -0.39 is 0 Å². The Bertz CT molecular complexity index is 625. The number of aryl methyl sites for hydroxylation is 2. The summed E-state index contributed by atoms with van der Waals surface area (Å²) in [5.74, 6) is 1.13. The summed E-state index contributed by atoms with van der Waals surface area (Å²) in [5.41, 5.74) is 1.95. The lowest BCUT2D eigenvalue weighted by atomic mass is 9.95. The Morgan fingerprint density at radius 2 is 2.25 bits per heavy atom. The van der Waals surface area contributed by atoms with Crippen LogP contribution in [0.1, 0.15) is 31.9 Å². The maximum atomic E-state index is 12.7. The van der Waals surface area contributed by atoms with E-state index in [1.54, 1.807) is 0 Å². The van der Waals surface area contributed by atoms with E-state index in [9.17, 15) is 4.79 Å². The van der Waals surface area contributed by atoms with Crippen LogP contribution in [-0.2, 0) is 16.6 Å². The van der Waals surface area contributed by atoms with Gasteiger partial charge in [-0.25, -0.2) is 0 Å². The van der Waals surface area contributed by atoms with Crippen molar-refractivity contribution in [2.45, 2.75) is 45.3 Å². The number of hydrogen-bond donors (Lipinski definition) is 1. The van der Waals surface area contributed by atoms with Gasteiger partial charge in [-0.1, -0.05) is 12.2 Å². The van der Waals surface area contributed by atoms with Crippen LogP contribution in [-0.4, -0.2) is 47.5 Å². The first-order chi connectivity index (χ1) is 11.5. The van der Waals surface area contributed by atoms with Gasteiger partial charge in [0.25, 0.3) is 0 Å². The van der Waals surface area contributed by atoms with Gasteiger partial charge in [-0.15, -0.1) is 0 Å². The molecule has 0 aromatic carbocycles. The number of carbonyl (C=O) groups excluding carboxylic acids is 1. The Morgan fingerprint density at radius 1 is 1.46 bits per heavy atom. The average molecular weight is 332 g/mol. The standard InChI is InChI=1S/C18H28N4O2/c1-12(2)17-15(7-9-24-17)18(23)19-14-6-5-8-22(11-14)16-10-13(3)20-21(16)4/h10,14-15,17H,1,5-9,11H2,2-4H3,(H,19,23)/t14-,15-,17-/m1/s1. The van der Waals surface area contributed by atoms with Gasteiger partial charge in [0.15, 0.2) is 0 Å². The van der Waals surface area contributed by atoms with Gasteiger partial charge in [-0.2, -0.15) is 5.10 Å². The Morgan fingerprint density at radius 3 is 2.92 bits per heavy atom. The first-order valence-electron chi connectivity index (χ1n) is 8.78. The summed E-state index contributed by atoms with van der Waals surface area (Å²) in [4.78, 5) is 15.0. The lowest BCUT2D eigenvalue weighted by Crippen LogP contribution is -2.50. The van der Waals surface area contributed by atoms with Crippen LogP contribution in [0.15, 0.2) is 18.2 Å². The molecule has 2 aliphatic heterocycles. The second kappa shape index (κ2) is 6.97. The van der Waals surface area contributed by atoms with Crippen molar-refractivity contribution in [1.29, 1.82) is 0 Å². The zero-order chi connectivity index (χ0) is 17.3. The van der Waals surface area contributed by atoms with E-state index in [1.165, 1.54) is 0 Å². The lowest BCUT2D eigenvalue weighted by molar-refractivity contribution is -0.126. The second-order valence-electron chi connectivity index (χ2n) is 7.09. The highest BCUT2D eigenvalue weighted by molar-refractivity contribution is 5.80. The molecule has 2 fully saturated rings. The molecule has 1 N–H and O–H groups in total. The minimum Gasteiger partial charge on any atom is -0.373 e. The number of hydrogen-bond acceptors (Lipinski definition) is 4. The molecule has 6 heteroatoms. The zero-order valence-corrected chi connectivity index (χ0v) is 14.9. The molecule has 0 saturated carbocycles. The predicted molar refractivity (Wildman–Crippen MR) is 94.0 cm³/mol. The first kappa shape index (κ1) is 17.0. The summed E-state index contributed by atoms with van der Waals surface area (Å²) in [7, 11) is 1.97. The maximum absolute atomic E-state index is 12.7. The van der Waals surface area contributed by atoms with Crippen LogP contribution in [0.3, 0.4) is 0 Å². The van der Waals surface area contributed by atoms with Gasteiger partial charge in [0.1, 0.15) is 5.82 Å². The monoisotopic (exact) mass is 332 g/mol. The average Bonchev–Trinajstić information content (AvgIpc) is 3.14. The number of carbonyl (C=O) groups is 1. The van der Waals surface area contributed by atoms with Gasteiger partial charge < -0.3 is 15.0 Å². The smallest absolute Gasteiger partial charge is 0.226 e. The molecule has 3 atom stereocenters. The Labute approximate surface area is 143 Å². The number of aromatic nitrogens is 2. The highest BCUT2D eigenvalue weighted by atomic mass is 16.5. The molecule has 24 heavy (non-hydrogen) atoms. The van der Waals surface area contributed by atoms with Crippen LogP contribution in [0.5, 0.6) is 0 Å². The van der Waals surface area contributed by atoms with Crippen molar-refractivity contribution < 1.29 is 9.53 Å². The predicted octanol–water partition coefficient (Wildman–Crippen LogP) is 1.79. The molecular formula is C18H28N4O2. The van der Waals surface area contributed by atoms with Crippen molar-refractivity contribution >= 4 is 11.7 Å². The molecule has 0 radical (unpaired) electrons. The van der Waals surface area contributed by atoms with Crippen LogP contribution >= 0.6 is 0 Å². The highest BCUT2D eigenvalue weighted by Gasteiger charge is 2.36. The van der Waals surface area contributed by atoms with E-state index in [0.717, 1.165) is 49.4 Å². The number of ether oxygens (including phenoxy) is 1. The number of rotatable bonds is 4. The van der Waals surface area contributed by atoms with E-state index in [2.05, 4.69) is 28.0 Å². The van der Waals surface area contributed by atoms with Gasteiger partial charge in [0.05, 0.1) is 17.7 Å². The molecule has 0 bridgehead atoms. The second-order valence-corrected chi connectivity index (χ2v) is 7.09. The summed E-state index contributed by atoms with van der Waals surface area (Å²) in [6.45, 7) is 10.4. The van der Waals surface area contributed by atoms with Crippen molar-refractivity contribution in [1.82, 2.24) is 15.1 Å². The molecular weight excluding hydrogens is 304 g/mol. The summed E-state index contributed by atoms with van der Waals surface area (Å²) < 4.78 is 7.58. The van der Waals surface area contributed by atoms with Gasteiger partial charge in [-0.05, 0) is 33.1 Å². The number of piperidine rings is 1. The zero-order valence-electron chi connectivity index (χ0n) is 14.9. The van der Waals surface area contributed by atoms with E-state index in [4.69, 9.17) is 4.74 Å². The van der Waals surface area contributed by atoms with Crippen LogP contribution < -0.4 is 10.2 Å². The van der Waals surface area contributed by atoms with Crippen LogP contribution in [0.25, 0.3) is 0 Å². The molecule has 6 nitrogen and oxygen atoms in total. The van der Waals surface area contributed by atoms with Gasteiger partial charge in [0.2, 0.25) is 5.91 Å². The van der Waals surface area contributed by atoms with E-state index >= 15 is 0 Å². The van der Waals surface area contributed by atoms with Gasteiger partial charge >= 0.3 is 0 Å². The van der Waals surface area contributed by atoms with E-state index in [-0.39, 0.29) is 24.0 Å². The minimum atomic E-state index is -0.135. The van der Waals surface area contributed by atoms with Crippen molar-refractivity contribution in [2.75, 3.05) is 24.6 Å². The third kappa shape index (κ3) is 3.48. The number of nitrogens with one attached hydrogen (secondary N) is 1. The molecule has 0 unspecified atom stereocenters. The normalized spacial score (nSPS) is 27.3. The van der Waals surface area contributed by atoms with Crippen molar-refractivity contribution in [3.05, 3.63) is 23.9 Å². The molecule has 0 spiro atoms. The molecule has 3 heterocycles. The summed E-state index contributed by atoms with van der Waals surface area (Å²) >= 11 is 0. The molecule has 1 aromatic rings. The summed E-state index contributed by atoms with van der Waals surface area (Å²) in [6.07, 6.45) is 2.73. The first-order valence-corrected chi connectivity index (χ1v) is 8.78. The Hall–Kier alpha value is -1.82. The molecule has 0 aliphatic carbocycles. The topological polar surface area (TPSA) is 59.4 Å². The van der Waals surface area contributed by atoms with Crippen molar-refractivity contribution in [3.63, 3.8) is 0 Å². The minimum absolute atomic E-state index is 0.100. The van der Waals surface area contributed by atoms with E-state index in [1.807, 2.05) is 25.6 Å². The quantitative estimate of drug-likeness (QED) is 0.854. The largest absolute Gasteiger partial charge is 0.373 e. The molecule has 2 aliphatic rings. The number of amides is 1. The van der Waals surface area contributed by atoms with Crippen molar-refractivity contribution in [3.8, 4) is 0 Å². The third-order valence-corrected chi connectivity index (χ3v) is 4.98. The molecule has 1 aromatic heterocycles. The number of nitrogens with zero attached hydrogens (tertiary/aromatic N) is 3. The fourth-order valence-corrected chi connectivity index (χ4v) is 3.85. The number of anilines is 1. The molecule has 2 saturated heterocycles. The van der Waals surface area contributed by atoms with Gasteiger partial charge in [0, 0.05) is 38.9 Å². The Balaban J connectivity index is 1.62. The Kier molecular flexibility index (Phi) is 4.94. The molecule has 132 valence electrons. The van der Waals surface area contributed by atoms with Crippen molar-refractivity contribution in [2.24, 2.45) is 13.0 Å². The van der Waals surface area contributed by atoms with E-state index in [0.29, 0.717) is 6.61 Å². The summed E-state index contributed by atoms with van der Waals surface area (Å²) in [6, 6.07) is 2.28. The van der Waals surface area contributed by atoms with Crippen LogP contribution in [0.4, 0.5) is 5.82 Å². The van der Waals surface area contributed by atoms with Crippen LogP contribution in [0.2, 0.25) is 0 Å². The molecule has 1 amide bonds. The summed E-state index contributed by atoms with van der Waals surface area (Å²) in [5, 5.41) is 7.67. The third-order valence-electron chi connectivity index (χ3n) is 4.98. The fraction of sp³-hybridized carbons (Fsp3) is 0.667. The van der Waals surface area contributed by atoms with Gasteiger partial charge in [-0.3, -0.25) is 9.48 Å².